The number of piperidine rings is 1. The number of rotatable bonds is 6. The molecule has 0 aromatic rings. The standard InChI is InChI=1S/C16H32N2/c1-4-15(5-2)17-12-13(3)18-11-7-9-14-8-6-10-16(14)18/h13-17H,4-12H2,1-3H3. The second-order valence-electron chi connectivity index (χ2n) is 6.41. The van der Waals surface area contributed by atoms with Crippen molar-refractivity contribution >= 4 is 0 Å². The minimum Gasteiger partial charge on any atom is -0.312 e. The maximum absolute atomic E-state index is 3.75. The molecule has 3 unspecified atom stereocenters. The Morgan fingerprint density at radius 2 is 1.83 bits per heavy atom. The van der Waals surface area contributed by atoms with E-state index >= 15 is 0 Å². The van der Waals surface area contributed by atoms with Crippen LogP contribution in [0.4, 0.5) is 0 Å². The summed E-state index contributed by atoms with van der Waals surface area (Å²) in [5.74, 6) is 1.02. The molecule has 1 saturated heterocycles. The molecule has 106 valence electrons. The molecule has 2 fully saturated rings. The van der Waals surface area contributed by atoms with Gasteiger partial charge in [-0.25, -0.2) is 0 Å². The number of hydrogen-bond acceptors (Lipinski definition) is 2. The fraction of sp³-hybridized carbons (Fsp3) is 1.00. The number of fused-ring (bicyclic) bond motifs is 1. The van der Waals surface area contributed by atoms with Crippen LogP contribution in [0.15, 0.2) is 0 Å². The van der Waals surface area contributed by atoms with Crippen molar-refractivity contribution in [1.29, 1.82) is 0 Å². The average Bonchev–Trinajstić information content (AvgIpc) is 2.87. The van der Waals surface area contributed by atoms with Crippen LogP contribution in [0.5, 0.6) is 0 Å². The van der Waals surface area contributed by atoms with Gasteiger partial charge in [-0.2, -0.15) is 0 Å². The van der Waals surface area contributed by atoms with Crippen molar-refractivity contribution in [3.63, 3.8) is 0 Å². The Morgan fingerprint density at radius 3 is 2.56 bits per heavy atom. The first-order valence-corrected chi connectivity index (χ1v) is 8.25. The summed E-state index contributed by atoms with van der Waals surface area (Å²) in [6.45, 7) is 9.53. The molecule has 2 nitrogen and oxygen atoms in total. The van der Waals surface area contributed by atoms with Gasteiger partial charge in [0, 0.05) is 24.7 Å². The van der Waals surface area contributed by atoms with Crippen LogP contribution in [0.1, 0.15) is 65.7 Å². The molecule has 0 amide bonds. The Balaban J connectivity index is 1.82. The molecule has 1 heterocycles. The van der Waals surface area contributed by atoms with E-state index in [-0.39, 0.29) is 0 Å². The summed E-state index contributed by atoms with van der Waals surface area (Å²) in [6, 6.07) is 2.35. The van der Waals surface area contributed by atoms with Crippen LogP contribution >= 0.6 is 0 Å². The fourth-order valence-corrected chi connectivity index (χ4v) is 4.07. The van der Waals surface area contributed by atoms with Crippen LogP contribution < -0.4 is 5.32 Å². The number of nitrogens with zero attached hydrogens (tertiary/aromatic N) is 1. The topological polar surface area (TPSA) is 15.3 Å². The molecule has 2 aliphatic rings. The number of hydrogen-bond donors (Lipinski definition) is 1. The summed E-state index contributed by atoms with van der Waals surface area (Å²) < 4.78 is 0. The average molecular weight is 252 g/mol. The zero-order valence-corrected chi connectivity index (χ0v) is 12.6. The Bertz CT molecular complexity index is 237. The third kappa shape index (κ3) is 3.27. The highest BCUT2D eigenvalue weighted by molar-refractivity contribution is 4.91. The lowest BCUT2D eigenvalue weighted by Crippen LogP contribution is -2.51. The van der Waals surface area contributed by atoms with E-state index in [0.717, 1.165) is 24.0 Å². The first-order chi connectivity index (χ1) is 8.76. The Kier molecular flexibility index (Phi) is 5.50. The zero-order valence-electron chi connectivity index (χ0n) is 12.6. The van der Waals surface area contributed by atoms with Crippen molar-refractivity contribution in [3.05, 3.63) is 0 Å². The van der Waals surface area contributed by atoms with Crippen LogP contribution in [-0.4, -0.2) is 36.1 Å². The van der Waals surface area contributed by atoms with E-state index in [1.54, 1.807) is 0 Å². The third-order valence-corrected chi connectivity index (χ3v) is 5.29. The molecule has 0 radical (unpaired) electrons. The van der Waals surface area contributed by atoms with E-state index < -0.39 is 0 Å². The lowest BCUT2D eigenvalue weighted by molar-refractivity contribution is 0.0730. The predicted molar refractivity (Wildman–Crippen MR) is 78.9 cm³/mol. The second-order valence-corrected chi connectivity index (χ2v) is 6.41. The minimum absolute atomic E-state index is 0.719. The van der Waals surface area contributed by atoms with Crippen molar-refractivity contribution < 1.29 is 0 Å². The third-order valence-electron chi connectivity index (χ3n) is 5.29. The van der Waals surface area contributed by atoms with E-state index in [9.17, 15) is 0 Å². The molecule has 2 rings (SSSR count). The molecule has 0 aromatic carbocycles. The van der Waals surface area contributed by atoms with E-state index in [0.29, 0.717) is 0 Å². The van der Waals surface area contributed by atoms with Crippen LogP contribution in [0.25, 0.3) is 0 Å². The Hall–Kier alpha value is -0.0800. The first-order valence-electron chi connectivity index (χ1n) is 8.25. The molecule has 0 spiro atoms. The van der Waals surface area contributed by atoms with E-state index in [4.69, 9.17) is 0 Å². The van der Waals surface area contributed by atoms with Gasteiger partial charge in [0.1, 0.15) is 0 Å². The molecular weight excluding hydrogens is 220 g/mol. The summed E-state index contributed by atoms with van der Waals surface area (Å²) >= 11 is 0. The molecule has 1 saturated carbocycles. The van der Waals surface area contributed by atoms with Gasteiger partial charge >= 0.3 is 0 Å². The van der Waals surface area contributed by atoms with Gasteiger partial charge < -0.3 is 5.32 Å². The zero-order chi connectivity index (χ0) is 13.0. The van der Waals surface area contributed by atoms with Crippen molar-refractivity contribution in [2.75, 3.05) is 13.1 Å². The maximum Gasteiger partial charge on any atom is 0.0195 e. The molecule has 0 aromatic heterocycles. The lowest BCUT2D eigenvalue weighted by Gasteiger charge is -2.42. The van der Waals surface area contributed by atoms with Gasteiger partial charge in [0.25, 0.3) is 0 Å². The molecule has 0 bridgehead atoms. The van der Waals surface area contributed by atoms with Crippen LogP contribution in [-0.2, 0) is 0 Å². The van der Waals surface area contributed by atoms with E-state index in [1.807, 2.05) is 0 Å². The van der Waals surface area contributed by atoms with Crippen LogP contribution in [0, 0.1) is 5.92 Å². The normalized spacial score (nSPS) is 30.7. The molecule has 3 atom stereocenters. The van der Waals surface area contributed by atoms with Crippen LogP contribution in [0.2, 0.25) is 0 Å². The molecule has 2 heteroatoms. The monoisotopic (exact) mass is 252 g/mol. The SMILES string of the molecule is CCC(CC)NCC(C)N1CCCC2CCCC21. The second kappa shape index (κ2) is 6.91. The quantitative estimate of drug-likeness (QED) is 0.779. The summed E-state index contributed by atoms with van der Waals surface area (Å²) in [7, 11) is 0. The largest absolute Gasteiger partial charge is 0.312 e. The Labute approximate surface area is 114 Å². The van der Waals surface area contributed by atoms with Crippen molar-refractivity contribution in [2.24, 2.45) is 5.92 Å². The summed E-state index contributed by atoms with van der Waals surface area (Å²) in [6.07, 6.45) is 9.86. The van der Waals surface area contributed by atoms with Gasteiger partial charge in [0.15, 0.2) is 0 Å². The predicted octanol–water partition coefficient (Wildman–Crippen LogP) is 3.42. The Morgan fingerprint density at radius 1 is 1.11 bits per heavy atom. The minimum atomic E-state index is 0.719. The molecule has 1 N–H and O–H groups in total. The summed E-state index contributed by atoms with van der Waals surface area (Å²) in [4.78, 5) is 2.82. The van der Waals surface area contributed by atoms with E-state index in [1.165, 1.54) is 58.0 Å². The van der Waals surface area contributed by atoms with Gasteiger partial charge in [-0.3, -0.25) is 4.90 Å². The van der Waals surface area contributed by atoms with Crippen molar-refractivity contribution in [2.45, 2.75) is 83.8 Å². The lowest BCUT2D eigenvalue weighted by atomic mass is 9.91. The van der Waals surface area contributed by atoms with Gasteiger partial charge in [-0.1, -0.05) is 20.3 Å². The summed E-state index contributed by atoms with van der Waals surface area (Å²) in [5.41, 5.74) is 0. The fourth-order valence-electron chi connectivity index (χ4n) is 4.07. The van der Waals surface area contributed by atoms with Crippen molar-refractivity contribution in [3.8, 4) is 0 Å². The highest BCUT2D eigenvalue weighted by Gasteiger charge is 2.36. The number of nitrogens with one attached hydrogen (secondary N) is 1. The van der Waals surface area contributed by atoms with Crippen LogP contribution in [0.3, 0.4) is 0 Å². The summed E-state index contributed by atoms with van der Waals surface area (Å²) in [5, 5.41) is 3.75. The molecule has 1 aliphatic heterocycles. The first kappa shape index (κ1) is 14.3. The van der Waals surface area contributed by atoms with Gasteiger partial charge in [-0.05, 0) is 57.9 Å². The molecule has 18 heavy (non-hydrogen) atoms. The van der Waals surface area contributed by atoms with Gasteiger partial charge in [0.05, 0.1) is 0 Å². The van der Waals surface area contributed by atoms with E-state index in [2.05, 4.69) is 31.0 Å². The maximum atomic E-state index is 3.75. The number of likely N-dealkylation sites (tertiary alicyclic amines) is 1. The highest BCUT2D eigenvalue weighted by atomic mass is 15.2. The highest BCUT2D eigenvalue weighted by Crippen LogP contribution is 2.37. The van der Waals surface area contributed by atoms with Gasteiger partial charge in [0.2, 0.25) is 0 Å². The molecular formula is C16H32N2. The van der Waals surface area contributed by atoms with Gasteiger partial charge in [-0.15, -0.1) is 0 Å². The van der Waals surface area contributed by atoms with Crippen molar-refractivity contribution in [1.82, 2.24) is 10.2 Å². The smallest absolute Gasteiger partial charge is 0.0195 e. The molecule has 1 aliphatic carbocycles.